The number of aromatic nitrogens is 1. The number of pyridine rings is 1. The maximum atomic E-state index is 6.71. The Kier molecular flexibility index (Phi) is 3.96. The van der Waals surface area contributed by atoms with Crippen LogP contribution in [0.1, 0.15) is 45.6 Å². The minimum Gasteiger partial charge on any atom is -0.256 e. The molecular formula is C19H24ClN. The third kappa shape index (κ3) is 2.81. The van der Waals surface area contributed by atoms with Gasteiger partial charge in [-0.25, -0.2) is 0 Å². The Labute approximate surface area is 132 Å². The van der Waals surface area contributed by atoms with E-state index in [0.717, 1.165) is 17.9 Å². The monoisotopic (exact) mass is 301 g/mol. The molecule has 0 saturated heterocycles. The van der Waals surface area contributed by atoms with Crippen LogP contribution in [0.5, 0.6) is 0 Å². The summed E-state index contributed by atoms with van der Waals surface area (Å²) < 4.78 is 0. The smallest absolute Gasteiger partial charge is 0.0702 e. The van der Waals surface area contributed by atoms with Crippen LogP contribution < -0.4 is 0 Å². The fourth-order valence-corrected chi connectivity index (χ4v) is 4.51. The van der Waals surface area contributed by atoms with E-state index in [1.165, 1.54) is 23.8 Å². The van der Waals surface area contributed by atoms with Crippen LogP contribution in [0.2, 0.25) is 0 Å². The van der Waals surface area contributed by atoms with Crippen molar-refractivity contribution in [2.75, 3.05) is 0 Å². The highest BCUT2D eigenvalue weighted by molar-refractivity contribution is 6.20. The standard InChI is InChI=1S/C19H24ClN/c1-13-8-9-16(17(20)10-13)19(2,3)15-11-14-6-4-5-7-18(14)21-12-15/h4-7,11-13,16-17H,8-10H2,1-3H3. The summed E-state index contributed by atoms with van der Waals surface area (Å²) in [7, 11) is 0. The molecule has 3 rings (SSSR count). The molecule has 1 nitrogen and oxygen atoms in total. The van der Waals surface area contributed by atoms with Crippen molar-refractivity contribution in [3.8, 4) is 0 Å². The van der Waals surface area contributed by atoms with Crippen molar-refractivity contribution in [3.05, 3.63) is 42.1 Å². The Morgan fingerprint density at radius 1 is 1.19 bits per heavy atom. The van der Waals surface area contributed by atoms with Gasteiger partial charge in [-0.3, -0.25) is 4.98 Å². The molecule has 1 fully saturated rings. The molecule has 0 amide bonds. The number of alkyl halides is 1. The SMILES string of the molecule is CC1CCC(C(C)(C)c2cnc3ccccc3c2)C(Cl)C1. The molecule has 1 aromatic carbocycles. The first-order valence-electron chi connectivity index (χ1n) is 7.98. The molecule has 0 N–H and O–H groups in total. The van der Waals surface area contributed by atoms with E-state index in [2.05, 4.69) is 50.0 Å². The number of hydrogen-bond donors (Lipinski definition) is 0. The van der Waals surface area contributed by atoms with Crippen LogP contribution in [-0.4, -0.2) is 10.4 Å². The minimum atomic E-state index is 0.0730. The zero-order chi connectivity index (χ0) is 15.0. The fourth-order valence-electron chi connectivity index (χ4n) is 3.76. The van der Waals surface area contributed by atoms with Gasteiger partial charge in [-0.2, -0.15) is 0 Å². The molecule has 0 bridgehead atoms. The summed E-state index contributed by atoms with van der Waals surface area (Å²) in [5, 5.41) is 1.49. The first-order chi connectivity index (χ1) is 9.98. The van der Waals surface area contributed by atoms with Gasteiger partial charge in [-0.1, -0.05) is 45.4 Å². The van der Waals surface area contributed by atoms with E-state index in [0.29, 0.717) is 5.92 Å². The van der Waals surface area contributed by atoms with E-state index in [9.17, 15) is 0 Å². The van der Waals surface area contributed by atoms with Crippen molar-refractivity contribution >= 4 is 22.5 Å². The summed E-state index contributed by atoms with van der Waals surface area (Å²) in [6, 6.07) is 10.6. The second kappa shape index (κ2) is 5.61. The molecule has 1 aromatic heterocycles. The molecule has 0 radical (unpaired) electrons. The summed E-state index contributed by atoms with van der Waals surface area (Å²) in [6.07, 6.45) is 5.69. The molecule has 1 saturated carbocycles. The molecule has 3 unspecified atom stereocenters. The van der Waals surface area contributed by atoms with Gasteiger partial charge in [-0.05, 0) is 47.8 Å². The third-order valence-corrected chi connectivity index (χ3v) is 5.78. The lowest BCUT2D eigenvalue weighted by Crippen LogP contribution is -2.38. The Balaban J connectivity index is 1.95. The predicted molar refractivity (Wildman–Crippen MR) is 90.9 cm³/mol. The first kappa shape index (κ1) is 14.8. The van der Waals surface area contributed by atoms with Gasteiger partial charge >= 0.3 is 0 Å². The van der Waals surface area contributed by atoms with Gasteiger partial charge in [0.15, 0.2) is 0 Å². The van der Waals surface area contributed by atoms with E-state index >= 15 is 0 Å². The van der Waals surface area contributed by atoms with Crippen molar-refractivity contribution in [1.29, 1.82) is 0 Å². The molecule has 0 aliphatic heterocycles. The molecular weight excluding hydrogens is 278 g/mol. The van der Waals surface area contributed by atoms with Crippen LogP contribution in [0.25, 0.3) is 10.9 Å². The van der Waals surface area contributed by atoms with E-state index in [4.69, 9.17) is 11.6 Å². The quantitative estimate of drug-likeness (QED) is 0.662. The second-order valence-corrected chi connectivity index (χ2v) is 7.74. The van der Waals surface area contributed by atoms with Crippen LogP contribution in [-0.2, 0) is 5.41 Å². The van der Waals surface area contributed by atoms with Gasteiger partial charge in [0.05, 0.1) is 5.52 Å². The van der Waals surface area contributed by atoms with Crippen molar-refractivity contribution in [2.45, 2.75) is 50.8 Å². The van der Waals surface area contributed by atoms with Gasteiger partial charge in [-0.15, -0.1) is 11.6 Å². The number of halogens is 1. The molecule has 2 aromatic rings. The fraction of sp³-hybridized carbons (Fsp3) is 0.526. The molecule has 2 heteroatoms. The van der Waals surface area contributed by atoms with E-state index < -0.39 is 0 Å². The maximum absolute atomic E-state index is 6.71. The zero-order valence-electron chi connectivity index (χ0n) is 13.1. The van der Waals surface area contributed by atoms with Crippen LogP contribution in [0.3, 0.4) is 0 Å². The van der Waals surface area contributed by atoms with Gasteiger partial charge < -0.3 is 0 Å². The van der Waals surface area contributed by atoms with E-state index in [1.807, 2.05) is 12.3 Å². The number of benzene rings is 1. The highest BCUT2D eigenvalue weighted by Crippen LogP contribution is 2.44. The Morgan fingerprint density at radius 2 is 1.95 bits per heavy atom. The van der Waals surface area contributed by atoms with Gasteiger partial charge in [0.1, 0.15) is 0 Å². The number of nitrogens with zero attached hydrogens (tertiary/aromatic N) is 1. The molecule has 1 aliphatic rings. The summed E-state index contributed by atoms with van der Waals surface area (Å²) >= 11 is 6.71. The summed E-state index contributed by atoms with van der Waals surface area (Å²) in [4.78, 5) is 4.64. The summed E-state index contributed by atoms with van der Waals surface area (Å²) in [5.41, 5.74) is 2.45. The highest BCUT2D eigenvalue weighted by atomic mass is 35.5. The lowest BCUT2D eigenvalue weighted by atomic mass is 9.66. The average molecular weight is 302 g/mol. The van der Waals surface area contributed by atoms with Crippen LogP contribution in [0.4, 0.5) is 0 Å². The zero-order valence-corrected chi connectivity index (χ0v) is 13.9. The predicted octanol–water partition coefficient (Wildman–Crippen LogP) is 5.56. The van der Waals surface area contributed by atoms with Crippen molar-refractivity contribution in [3.63, 3.8) is 0 Å². The van der Waals surface area contributed by atoms with Crippen LogP contribution in [0, 0.1) is 11.8 Å². The molecule has 1 heterocycles. The van der Waals surface area contributed by atoms with Crippen molar-refractivity contribution in [1.82, 2.24) is 4.98 Å². The Morgan fingerprint density at radius 3 is 2.71 bits per heavy atom. The lowest BCUT2D eigenvalue weighted by molar-refractivity contribution is 0.207. The number of para-hydroxylation sites is 1. The van der Waals surface area contributed by atoms with Gasteiger partial charge in [0.25, 0.3) is 0 Å². The van der Waals surface area contributed by atoms with Crippen molar-refractivity contribution in [2.24, 2.45) is 11.8 Å². The molecule has 1 aliphatic carbocycles. The average Bonchev–Trinajstić information content (AvgIpc) is 2.46. The topological polar surface area (TPSA) is 12.9 Å². The summed E-state index contributed by atoms with van der Waals surface area (Å²) in [6.45, 7) is 6.97. The van der Waals surface area contributed by atoms with Crippen LogP contribution >= 0.6 is 11.6 Å². The number of fused-ring (bicyclic) bond motifs is 1. The van der Waals surface area contributed by atoms with E-state index in [-0.39, 0.29) is 10.8 Å². The normalized spacial score (nSPS) is 27.0. The maximum Gasteiger partial charge on any atom is 0.0702 e. The Hall–Kier alpha value is -1.08. The van der Waals surface area contributed by atoms with Gasteiger partial charge in [0.2, 0.25) is 0 Å². The Bertz CT molecular complexity index is 634. The summed E-state index contributed by atoms with van der Waals surface area (Å²) in [5.74, 6) is 1.28. The first-order valence-corrected chi connectivity index (χ1v) is 8.41. The highest BCUT2D eigenvalue weighted by Gasteiger charge is 2.39. The molecule has 3 atom stereocenters. The third-order valence-electron chi connectivity index (χ3n) is 5.30. The molecule has 21 heavy (non-hydrogen) atoms. The molecule has 0 spiro atoms. The minimum absolute atomic E-state index is 0.0730. The number of hydrogen-bond acceptors (Lipinski definition) is 1. The van der Waals surface area contributed by atoms with Crippen LogP contribution in [0.15, 0.2) is 36.5 Å². The van der Waals surface area contributed by atoms with Gasteiger partial charge in [0, 0.05) is 17.0 Å². The lowest BCUT2D eigenvalue weighted by Gasteiger charge is -2.42. The second-order valence-electron chi connectivity index (χ2n) is 7.18. The van der Waals surface area contributed by atoms with E-state index in [1.54, 1.807) is 0 Å². The number of rotatable bonds is 2. The largest absolute Gasteiger partial charge is 0.256 e. The molecule has 112 valence electrons. The van der Waals surface area contributed by atoms with Crippen molar-refractivity contribution < 1.29 is 0 Å².